The SMILES string of the molecule is CC=CCCC1=CC(C2CC(C(C)CC)C2)C1. The Labute approximate surface area is 107 Å². The lowest BCUT2D eigenvalue weighted by molar-refractivity contribution is 0.0895. The molecular weight excluding hydrogens is 204 g/mol. The molecule has 2 unspecified atom stereocenters. The summed E-state index contributed by atoms with van der Waals surface area (Å²) >= 11 is 0. The number of hydrogen-bond acceptors (Lipinski definition) is 0. The van der Waals surface area contributed by atoms with Crippen molar-refractivity contribution in [3.05, 3.63) is 23.8 Å². The average molecular weight is 232 g/mol. The Morgan fingerprint density at radius 2 is 2.12 bits per heavy atom. The summed E-state index contributed by atoms with van der Waals surface area (Å²) in [6.45, 7) is 6.88. The van der Waals surface area contributed by atoms with Crippen molar-refractivity contribution < 1.29 is 0 Å². The van der Waals surface area contributed by atoms with Crippen LogP contribution in [0.2, 0.25) is 0 Å². The molecular formula is C17H28. The molecule has 96 valence electrons. The van der Waals surface area contributed by atoms with E-state index in [2.05, 4.69) is 39.0 Å². The van der Waals surface area contributed by atoms with Gasteiger partial charge in [0, 0.05) is 0 Å². The number of allylic oxidation sites excluding steroid dienone is 4. The van der Waals surface area contributed by atoms with Crippen molar-refractivity contribution in [1.29, 1.82) is 0 Å². The van der Waals surface area contributed by atoms with Gasteiger partial charge in [-0.25, -0.2) is 0 Å². The molecule has 0 saturated heterocycles. The third kappa shape index (κ3) is 3.03. The highest BCUT2D eigenvalue weighted by Gasteiger charge is 2.38. The maximum Gasteiger partial charge on any atom is -0.0165 e. The van der Waals surface area contributed by atoms with Crippen LogP contribution in [0.3, 0.4) is 0 Å². The normalized spacial score (nSPS) is 34.1. The quantitative estimate of drug-likeness (QED) is 0.541. The average Bonchev–Trinajstić information content (AvgIpc) is 2.22. The zero-order chi connectivity index (χ0) is 12.3. The highest BCUT2D eigenvalue weighted by molar-refractivity contribution is 5.19. The lowest BCUT2D eigenvalue weighted by Gasteiger charge is -2.45. The van der Waals surface area contributed by atoms with Gasteiger partial charge in [0.15, 0.2) is 0 Å². The smallest absolute Gasteiger partial charge is 0.0165 e. The molecule has 0 amide bonds. The molecule has 0 nitrogen and oxygen atoms in total. The molecule has 0 aromatic heterocycles. The predicted molar refractivity (Wildman–Crippen MR) is 75.9 cm³/mol. The van der Waals surface area contributed by atoms with Gasteiger partial charge in [-0.1, -0.05) is 44.1 Å². The molecule has 0 heterocycles. The van der Waals surface area contributed by atoms with Crippen molar-refractivity contribution >= 4 is 0 Å². The predicted octanol–water partition coefficient (Wildman–Crippen LogP) is 5.36. The van der Waals surface area contributed by atoms with Crippen LogP contribution >= 0.6 is 0 Å². The van der Waals surface area contributed by atoms with Gasteiger partial charge in [0.2, 0.25) is 0 Å². The van der Waals surface area contributed by atoms with Gasteiger partial charge in [0.25, 0.3) is 0 Å². The van der Waals surface area contributed by atoms with Gasteiger partial charge >= 0.3 is 0 Å². The fraction of sp³-hybridized carbons (Fsp3) is 0.765. The Kier molecular flexibility index (Phi) is 4.48. The maximum atomic E-state index is 2.58. The Balaban J connectivity index is 1.65. The monoisotopic (exact) mass is 232 g/mol. The van der Waals surface area contributed by atoms with Crippen molar-refractivity contribution in [2.24, 2.45) is 23.7 Å². The Morgan fingerprint density at radius 3 is 2.71 bits per heavy atom. The Morgan fingerprint density at radius 1 is 1.41 bits per heavy atom. The van der Waals surface area contributed by atoms with Crippen LogP contribution in [0, 0.1) is 23.7 Å². The van der Waals surface area contributed by atoms with Crippen LogP contribution in [0.25, 0.3) is 0 Å². The molecule has 0 aromatic rings. The van der Waals surface area contributed by atoms with Gasteiger partial charge in [-0.3, -0.25) is 0 Å². The zero-order valence-electron chi connectivity index (χ0n) is 11.8. The van der Waals surface area contributed by atoms with E-state index < -0.39 is 0 Å². The minimum Gasteiger partial charge on any atom is -0.0917 e. The van der Waals surface area contributed by atoms with Crippen molar-refractivity contribution in [1.82, 2.24) is 0 Å². The van der Waals surface area contributed by atoms with Crippen LogP contribution in [-0.2, 0) is 0 Å². The van der Waals surface area contributed by atoms with Gasteiger partial charge in [-0.15, -0.1) is 0 Å². The summed E-state index contributed by atoms with van der Waals surface area (Å²) in [6.07, 6.45) is 15.4. The van der Waals surface area contributed by atoms with Crippen LogP contribution in [0.15, 0.2) is 23.8 Å². The maximum absolute atomic E-state index is 2.58. The van der Waals surface area contributed by atoms with Crippen LogP contribution in [0.5, 0.6) is 0 Å². The van der Waals surface area contributed by atoms with Crippen molar-refractivity contribution in [3.8, 4) is 0 Å². The van der Waals surface area contributed by atoms with Gasteiger partial charge in [0.1, 0.15) is 0 Å². The van der Waals surface area contributed by atoms with Crippen molar-refractivity contribution in [2.45, 2.75) is 59.3 Å². The molecule has 0 bridgehead atoms. The molecule has 1 saturated carbocycles. The van der Waals surface area contributed by atoms with E-state index in [4.69, 9.17) is 0 Å². The van der Waals surface area contributed by atoms with E-state index in [-0.39, 0.29) is 0 Å². The molecule has 0 heteroatoms. The largest absolute Gasteiger partial charge is 0.0917 e. The van der Waals surface area contributed by atoms with Crippen LogP contribution in [0.4, 0.5) is 0 Å². The van der Waals surface area contributed by atoms with E-state index in [0.29, 0.717) is 0 Å². The topological polar surface area (TPSA) is 0 Å². The van der Waals surface area contributed by atoms with E-state index in [1.54, 1.807) is 5.57 Å². The summed E-state index contributed by atoms with van der Waals surface area (Å²) in [5.41, 5.74) is 1.72. The Hall–Kier alpha value is -0.520. The van der Waals surface area contributed by atoms with E-state index in [1.165, 1.54) is 38.5 Å². The van der Waals surface area contributed by atoms with Gasteiger partial charge < -0.3 is 0 Å². The van der Waals surface area contributed by atoms with E-state index in [9.17, 15) is 0 Å². The van der Waals surface area contributed by atoms with Gasteiger partial charge in [-0.2, -0.15) is 0 Å². The summed E-state index contributed by atoms with van der Waals surface area (Å²) < 4.78 is 0. The second-order valence-electron chi connectivity index (χ2n) is 6.18. The molecule has 0 radical (unpaired) electrons. The van der Waals surface area contributed by atoms with Gasteiger partial charge in [0.05, 0.1) is 0 Å². The van der Waals surface area contributed by atoms with E-state index >= 15 is 0 Å². The molecule has 0 aliphatic heterocycles. The minimum atomic E-state index is 0.955. The first kappa shape index (κ1) is 12.9. The molecule has 1 fully saturated rings. The first-order chi connectivity index (χ1) is 8.24. The van der Waals surface area contributed by atoms with Crippen LogP contribution in [-0.4, -0.2) is 0 Å². The summed E-state index contributed by atoms with van der Waals surface area (Å²) in [6, 6.07) is 0. The summed E-state index contributed by atoms with van der Waals surface area (Å²) in [4.78, 5) is 0. The van der Waals surface area contributed by atoms with Crippen LogP contribution in [0.1, 0.15) is 59.3 Å². The molecule has 0 spiro atoms. The molecule has 2 atom stereocenters. The van der Waals surface area contributed by atoms with E-state index in [0.717, 1.165) is 23.7 Å². The molecule has 17 heavy (non-hydrogen) atoms. The molecule has 2 aliphatic carbocycles. The summed E-state index contributed by atoms with van der Waals surface area (Å²) in [7, 11) is 0. The summed E-state index contributed by atoms with van der Waals surface area (Å²) in [5, 5.41) is 0. The summed E-state index contributed by atoms with van der Waals surface area (Å²) in [5.74, 6) is 4.00. The first-order valence-corrected chi connectivity index (χ1v) is 7.55. The van der Waals surface area contributed by atoms with Crippen molar-refractivity contribution in [2.75, 3.05) is 0 Å². The fourth-order valence-electron chi connectivity index (χ4n) is 3.35. The zero-order valence-corrected chi connectivity index (χ0v) is 11.8. The number of hydrogen-bond donors (Lipinski definition) is 0. The Bertz CT molecular complexity index is 291. The lowest BCUT2D eigenvalue weighted by Crippen LogP contribution is -2.35. The molecule has 2 rings (SSSR count). The fourth-order valence-corrected chi connectivity index (χ4v) is 3.35. The standard InChI is InChI=1S/C17H28/c1-4-6-7-8-14-9-16(10-14)17-11-15(12-17)13(3)5-2/h4,6,9,13,15-17H,5,7-8,10-12H2,1-3H3. The van der Waals surface area contributed by atoms with Gasteiger partial charge in [-0.05, 0) is 62.7 Å². The third-order valence-corrected chi connectivity index (χ3v) is 5.08. The second-order valence-corrected chi connectivity index (χ2v) is 6.18. The number of rotatable bonds is 6. The highest BCUT2D eigenvalue weighted by Crippen LogP contribution is 2.49. The lowest BCUT2D eigenvalue weighted by atomic mass is 9.60. The molecule has 0 N–H and O–H groups in total. The van der Waals surface area contributed by atoms with E-state index in [1.807, 2.05) is 0 Å². The third-order valence-electron chi connectivity index (χ3n) is 5.08. The second kappa shape index (κ2) is 5.89. The molecule has 0 aromatic carbocycles. The van der Waals surface area contributed by atoms with Crippen molar-refractivity contribution in [3.63, 3.8) is 0 Å². The van der Waals surface area contributed by atoms with Crippen LogP contribution < -0.4 is 0 Å². The minimum absolute atomic E-state index is 0.955. The first-order valence-electron chi connectivity index (χ1n) is 7.55. The highest BCUT2D eigenvalue weighted by atomic mass is 14.4. The molecule has 2 aliphatic rings.